The van der Waals surface area contributed by atoms with E-state index in [1.165, 1.54) is 6.07 Å². The van der Waals surface area contributed by atoms with Crippen LogP contribution in [0.5, 0.6) is 0 Å². The molecule has 0 unspecified atom stereocenters. The average molecular weight is 296 g/mol. The molecule has 0 saturated carbocycles. The Morgan fingerprint density at radius 3 is 2.58 bits per heavy atom. The largest absolute Gasteiger partial charge is 0.477 e. The summed E-state index contributed by atoms with van der Waals surface area (Å²) in [6.07, 6.45) is 0. The fourth-order valence-corrected chi connectivity index (χ4v) is 2.56. The molecule has 1 aromatic heterocycles. The second kappa shape index (κ2) is 5.42. The summed E-state index contributed by atoms with van der Waals surface area (Å²) in [6.45, 7) is 1.88. The Labute approximate surface area is 118 Å². The fraction of sp³-hybridized carbons (Fsp3) is 0.0769. The minimum atomic E-state index is -1.01. The number of benzene rings is 1. The second-order valence-electron chi connectivity index (χ2n) is 3.91. The van der Waals surface area contributed by atoms with Crippen LogP contribution in [0.25, 0.3) is 0 Å². The van der Waals surface area contributed by atoms with Crippen molar-refractivity contribution in [3.63, 3.8) is 0 Å². The van der Waals surface area contributed by atoms with Crippen LogP contribution < -0.4 is 5.32 Å². The molecular formula is C13H10ClNO3S. The minimum absolute atomic E-state index is 0.172. The van der Waals surface area contributed by atoms with Gasteiger partial charge in [0.1, 0.15) is 4.88 Å². The van der Waals surface area contributed by atoms with Crippen LogP contribution in [0.2, 0.25) is 5.02 Å². The van der Waals surface area contributed by atoms with Gasteiger partial charge < -0.3 is 10.4 Å². The fourth-order valence-electron chi connectivity index (χ4n) is 1.50. The number of halogens is 1. The Bertz CT molecular complexity index is 651. The summed E-state index contributed by atoms with van der Waals surface area (Å²) >= 11 is 6.99. The molecule has 0 aliphatic rings. The van der Waals surface area contributed by atoms with Gasteiger partial charge in [-0.05, 0) is 36.8 Å². The van der Waals surface area contributed by atoms with E-state index in [0.29, 0.717) is 15.6 Å². The first-order valence-corrected chi connectivity index (χ1v) is 6.57. The number of aryl methyl sites for hydroxylation is 1. The van der Waals surface area contributed by atoms with Crippen molar-refractivity contribution in [3.8, 4) is 0 Å². The molecule has 0 bridgehead atoms. The van der Waals surface area contributed by atoms with Crippen molar-refractivity contribution < 1.29 is 14.7 Å². The maximum Gasteiger partial charge on any atom is 0.345 e. The molecule has 4 nitrogen and oxygen atoms in total. The van der Waals surface area contributed by atoms with E-state index < -0.39 is 5.97 Å². The number of carboxylic acids is 1. The van der Waals surface area contributed by atoms with Crippen LogP contribution in [0.1, 0.15) is 25.6 Å². The van der Waals surface area contributed by atoms with E-state index in [1.54, 1.807) is 24.3 Å². The van der Waals surface area contributed by atoms with Gasteiger partial charge in [-0.2, -0.15) is 0 Å². The molecule has 98 valence electrons. The molecule has 1 heterocycles. The van der Waals surface area contributed by atoms with E-state index in [1.807, 2.05) is 6.92 Å². The van der Waals surface area contributed by atoms with Gasteiger partial charge in [0, 0.05) is 0 Å². The quantitative estimate of drug-likeness (QED) is 0.908. The van der Waals surface area contributed by atoms with E-state index in [9.17, 15) is 9.59 Å². The SMILES string of the molecule is Cc1ccc(C(=O)Nc2ccc(C(=O)O)s2)c(Cl)c1. The van der Waals surface area contributed by atoms with E-state index in [0.717, 1.165) is 16.9 Å². The summed E-state index contributed by atoms with van der Waals surface area (Å²) in [5.41, 5.74) is 1.32. The normalized spacial score (nSPS) is 10.2. The highest BCUT2D eigenvalue weighted by atomic mass is 35.5. The van der Waals surface area contributed by atoms with Gasteiger partial charge >= 0.3 is 5.97 Å². The Morgan fingerprint density at radius 2 is 2.00 bits per heavy atom. The van der Waals surface area contributed by atoms with Gasteiger partial charge in [0.2, 0.25) is 0 Å². The highest BCUT2D eigenvalue weighted by Gasteiger charge is 2.13. The first kappa shape index (κ1) is 13.6. The predicted octanol–water partition coefficient (Wildman–Crippen LogP) is 3.66. The second-order valence-corrected chi connectivity index (χ2v) is 5.40. The highest BCUT2D eigenvalue weighted by molar-refractivity contribution is 7.18. The van der Waals surface area contributed by atoms with Gasteiger partial charge in [-0.25, -0.2) is 4.79 Å². The van der Waals surface area contributed by atoms with Crippen LogP contribution in [0.15, 0.2) is 30.3 Å². The summed E-state index contributed by atoms with van der Waals surface area (Å²) in [5, 5.41) is 12.3. The molecule has 2 N–H and O–H groups in total. The molecule has 0 aliphatic carbocycles. The number of hydrogen-bond acceptors (Lipinski definition) is 3. The first-order chi connectivity index (χ1) is 8.97. The van der Waals surface area contributed by atoms with Crippen LogP contribution >= 0.6 is 22.9 Å². The van der Waals surface area contributed by atoms with Crippen LogP contribution in [-0.4, -0.2) is 17.0 Å². The number of carboxylic acid groups (broad SMARTS) is 1. The van der Waals surface area contributed by atoms with Crippen molar-refractivity contribution in [2.24, 2.45) is 0 Å². The lowest BCUT2D eigenvalue weighted by Gasteiger charge is -2.05. The topological polar surface area (TPSA) is 66.4 Å². The Morgan fingerprint density at radius 1 is 1.26 bits per heavy atom. The number of carbonyl (C=O) groups excluding carboxylic acids is 1. The van der Waals surface area contributed by atoms with Crippen molar-refractivity contribution in [1.82, 2.24) is 0 Å². The molecule has 0 fully saturated rings. The molecule has 6 heteroatoms. The number of carbonyl (C=O) groups is 2. The molecule has 0 aliphatic heterocycles. The zero-order valence-corrected chi connectivity index (χ0v) is 11.5. The number of amides is 1. The smallest absolute Gasteiger partial charge is 0.345 e. The third-order valence-electron chi connectivity index (χ3n) is 2.42. The van der Waals surface area contributed by atoms with Crippen LogP contribution in [0.3, 0.4) is 0 Å². The molecule has 0 atom stereocenters. The standard InChI is InChI=1S/C13H10ClNO3S/c1-7-2-3-8(9(14)6-7)12(16)15-11-5-4-10(19-11)13(17)18/h2-6H,1H3,(H,15,16)(H,17,18). The zero-order valence-electron chi connectivity index (χ0n) is 9.94. The predicted molar refractivity (Wildman–Crippen MR) is 75.4 cm³/mol. The summed E-state index contributed by atoms with van der Waals surface area (Å²) in [6, 6.07) is 8.12. The number of nitrogens with one attached hydrogen (secondary N) is 1. The van der Waals surface area contributed by atoms with Crippen molar-refractivity contribution >= 4 is 39.8 Å². The van der Waals surface area contributed by atoms with E-state index in [2.05, 4.69) is 5.32 Å². The lowest BCUT2D eigenvalue weighted by Crippen LogP contribution is -2.11. The number of hydrogen-bond donors (Lipinski definition) is 2. The van der Waals surface area contributed by atoms with Gasteiger partial charge in [0.05, 0.1) is 15.6 Å². The van der Waals surface area contributed by atoms with Crippen LogP contribution in [-0.2, 0) is 0 Å². The third-order valence-corrected chi connectivity index (χ3v) is 3.72. The summed E-state index contributed by atoms with van der Waals surface area (Å²) in [7, 11) is 0. The van der Waals surface area contributed by atoms with Gasteiger partial charge in [-0.3, -0.25) is 4.79 Å². The number of aromatic carboxylic acids is 1. The van der Waals surface area contributed by atoms with Gasteiger partial charge in [0.25, 0.3) is 5.91 Å². The first-order valence-electron chi connectivity index (χ1n) is 5.38. The molecule has 0 radical (unpaired) electrons. The maximum atomic E-state index is 12.0. The number of anilines is 1. The van der Waals surface area contributed by atoms with E-state index in [-0.39, 0.29) is 10.8 Å². The molecule has 1 amide bonds. The van der Waals surface area contributed by atoms with Gasteiger partial charge in [-0.1, -0.05) is 17.7 Å². The lowest BCUT2D eigenvalue weighted by molar-refractivity contribution is 0.0702. The summed E-state index contributed by atoms with van der Waals surface area (Å²) in [5.74, 6) is -1.37. The van der Waals surface area contributed by atoms with E-state index in [4.69, 9.17) is 16.7 Å². The maximum absolute atomic E-state index is 12.0. The summed E-state index contributed by atoms with van der Waals surface area (Å²) in [4.78, 5) is 22.9. The van der Waals surface area contributed by atoms with Gasteiger partial charge in [-0.15, -0.1) is 11.3 Å². The van der Waals surface area contributed by atoms with Crippen molar-refractivity contribution in [2.75, 3.05) is 5.32 Å². The molecule has 0 saturated heterocycles. The molecule has 2 rings (SSSR count). The number of rotatable bonds is 3. The molecule has 19 heavy (non-hydrogen) atoms. The molecule has 2 aromatic rings. The van der Waals surface area contributed by atoms with E-state index >= 15 is 0 Å². The zero-order chi connectivity index (χ0) is 14.0. The Hall–Kier alpha value is -1.85. The van der Waals surface area contributed by atoms with Crippen molar-refractivity contribution in [2.45, 2.75) is 6.92 Å². The van der Waals surface area contributed by atoms with Gasteiger partial charge in [0.15, 0.2) is 0 Å². The summed E-state index contributed by atoms with van der Waals surface area (Å²) < 4.78 is 0. The molecular weight excluding hydrogens is 286 g/mol. The van der Waals surface area contributed by atoms with Crippen LogP contribution in [0.4, 0.5) is 5.00 Å². The van der Waals surface area contributed by atoms with Crippen molar-refractivity contribution in [3.05, 3.63) is 51.4 Å². The Kier molecular flexibility index (Phi) is 3.87. The Balaban J connectivity index is 2.18. The third kappa shape index (κ3) is 3.13. The lowest BCUT2D eigenvalue weighted by atomic mass is 10.1. The monoisotopic (exact) mass is 295 g/mol. The van der Waals surface area contributed by atoms with Crippen LogP contribution in [0, 0.1) is 6.92 Å². The molecule has 0 spiro atoms. The number of thiophene rings is 1. The average Bonchev–Trinajstić information content (AvgIpc) is 2.77. The minimum Gasteiger partial charge on any atom is -0.477 e. The highest BCUT2D eigenvalue weighted by Crippen LogP contribution is 2.24. The van der Waals surface area contributed by atoms with Crippen molar-refractivity contribution in [1.29, 1.82) is 0 Å². The molecule has 1 aromatic carbocycles.